The van der Waals surface area contributed by atoms with E-state index in [1.54, 1.807) is 12.1 Å². The summed E-state index contributed by atoms with van der Waals surface area (Å²) in [6.45, 7) is 0.759. The third kappa shape index (κ3) is 2.77. The number of hydrogen-bond donors (Lipinski definition) is 2. The van der Waals surface area contributed by atoms with Crippen LogP contribution in [0.3, 0.4) is 0 Å². The molecule has 1 saturated heterocycles. The number of carbonyl (C=O) groups is 1. The lowest BCUT2D eigenvalue weighted by atomic mass is 10.0. The molecule has 0 aromatic heterocycles. The molecule has 0 bridgehead atoms. The van der Waals surface area contributed by atoms with E-state index in [4.69, 9.17) is 4.74 Å². The standard InChI is InChI=1S/C14H16BrNO3/c15-9-3-4-10(14(17)18)12(7-9)16-11-5-6-19-13(11)8-1-2-8/h3-4,7-8,11,13,16H,1-2,5-6H2,(H,17,18). The minimum Gasteiger partial charge on any atom is -0.478 e. The van der Waals surface area contributed by atoms with Crippen molar-refractivity contribution in [2.24, 2.45) is 5.92 Å². The van der Waals surface area contributed by atoms with Gasteiger partial charge in [-0.1, -0.05) is 15.9 Å². The topological polar surface area (TPSA) is 58.6 Å². The number of rotatable bonds is 4. The smallest absolute Gasteiger partial charge is 0.337 e. The highest BCUT2D eigenvalue weighted by Crippen LogP contribution is 2.40. The number of halogens is 1. The van der Waals surface area contributed by atoms with E-state index in [1.807, 2.05) is 6.07 Å². The van der Waals surface area contributed by atoms with E-state index in [1.165, 1.54) is 12.8 Å². The first-order valence-corrected chi connectivity index (χ1v) is 7.35. The number of benzene rings is 1. The minimum absolute atomic E-state index is 0.222. The van der Waals surface area contributed by atoms with Crippen molar-refractivity contribution in [2.75, 3.05) is 11.9 Å². The summed E-state index contributed by atoms with van der Waals surface area (Å²) in [5.74, 6) is -0.252. The molecule has 2 aliphatic rings. The highest BCUT2D eigenvalue weighted by atomic mass is 79.9. The van der Waals surface area contributed by atoms with Gasteiger partial charge >= 0.3 is 5.97 Å². The lowest BCUT2D eigenvalue weighted by Crippen LogP contribution is -2.31. The fraction of sp³-hybridized carbons (Fsp3) is 0.500. The first-order chi connectivity index (χ1) is 9.15. The number of ether oxygens (including phenoxy) is 1. The summed E-state index contributed by atoms with van der Waals surface area (Å²) in [5, 5.41) is 12.6. The molecule has 2 fully saturated rings. The number of nitrogens with one attached hydrogen (secondary N) is 1. The van der Waals surface area contributed by atoms with Gasteiger partial charge in [0.1, 0.15) is 0 Å². The lowest BCUT2D eigenvalue weighted by Gasteiger charge is -2.21. The highest BCUT2D eigenvalue weighted by Gasteiger charge is 2.40. The van der Waals surface area contributed by atoms with Crippen LogP contribution in [0.4, 0.5) is 5.69 Å². The lowest BCUT2D eigenvalue weighted by molar-refractivity contribution is 0.0697. The van der Waals surface area contributed by atoms with Gasteiger partial charge in [0.05, 0.1) is 23.4 Å². The van der Waals surface area contributed by atoms with Gasteiger partial charge in [0.15, 0.2) is 0 Å². The maximum atomic E-state index is 11.2. The Labute approximate surface area is 120 Å². The van der Waals surface area contributed by atoms with Crippen molar-refractivity contribution in [1.82, 2.24) is 0 Å². The van der Waals surface area contributed by atoms with Crippen molar-refractivity contribution in [2.45, 2.75) is 31.4 Å². The molecule has 0 amide bonds. The molecule has 1 aromatic rings. The number of carboxylic acids is 1. The average molecular weight is 326 g/mol. The molecule has 3 rings (SSSR count). The molecular formula is C14H16BrNO3. The Morgan fingerprint density at radius 3 is 2.84 bits per heavy atom. The van der Waals surface area contributed by atoms with Gasteiger partial charge in [-0.15, -0.1) is 0 Å². The molecule has 2 N–H and O–H groups in total. The maximum Gasteiger partial charge on any atom is 0.337 e. The summed E-state index contributed by atoms with van der Waals surface area (Å²) < 4.78 is 6.65. The van der Waals surface area contributed by atoms with Gasteiger partial charge in [0.25, 0.3) is 0 Å². The van der Waals surface area contributed by atoms with Crippen LogP contribution >= 0.6 is 15.9 Å². The van der Waals surface area contributed by atoms with Gasteiger partial charge in [0, 0.05) is 11.1 Å². The van der Waals surface area contributed by atoms with Gasteiger partial charge in [-0.25, -0.2) is 4.79 Å². The Bertz CT molecular complexity index is 501. The number of anilines is 1. The molecule has 1 heterocycles. The van der Waals surface area contributed by atoms with Gasteiger partial charge in [-0.05, 0) is 43.4 Å². The van der Waals surface area contributed by atoms with E-state index in [0.29, 0.717) is 17.2 Å². The van der Waals surface area contributed by atoms with Crippen LogP contribution < -0.4 is 5.32 Å². The molecule has 2 unspecified atom stereocenters. The molecule has 1 aliphatic carbocycles. The summed E-state index contributed by atoms with van der Waals surface area (Å²) in [6.07, 6.45) is 3.63. The zero-order valence-corrected chi connectivity index (χ0v) is 12.0. The van der Waals surface area contributed by atoms with Crippen molar-refractivity contribution in [1.29, 1.82) is 0 Å². The minimum atomic E-state index is -0.906. The maximum absolute atomic E-state index is 11.2. The Balaban J connectivity index is 1.81. The molecule has 4 nitrogen and oxygen atoms in total. The predicted octanol–water partition coefficient (Wildman–Crippen LogP) is 3.13. The first kappa shape index (κ1) is 12.9. The van der Waals surface area contributed by atoms with Gasteiger partial charge in [-0.2, -0.15) is 0 Å². The largest absolute Gasteiger partial charge is 0.478 e. The second-order valence-electron chi connectivity index (χ2n) is 5.21. The van der Waals surface area contributed by atoms with E-state index < -0.39 is 5.97 Å². The highest BCUT2D eigenvalue weighted by molar-refractivity contribution is 9.10. The van der Waals surface area contributed by atoms with Gasteiger partial charge < -0.3 is 15.2 Å². The molecular weight excluding hydrogens is 310 g/mol. The van der Waals surface area contributed by atoms with Crippen LogP contribution in [0.25, 0.3) is 0 Å². The van der Waals surface area contributed by atoms with Crippen LogP contribution in [-0.2, 0) is 4.74 Å². The van der Waals surface area contributed by atoms with Crippen molar-refractivity contribution in [3.63, 3.8) is 0 Å². The number of aromatic carboxylic acids is 1. The third-order valence-electron chi connectivity index (χ3n) is 3.78. The number of carboxylic acid groups (broad SMARTS) is 1. The summed E-state index contributed by atoms with van der Waals surface area (Å²) in [6, 6.07) is 5.42. The summed E-state index contributed by atoms with van der Waals surface area (Å²) in [4.78, 5) is 11.2. The quantitative estimate of drug-likeness (QED) is 0.892. The van der Waals surface area contributed by atoms with Crippen molar-refractivity contribution < 1.29 is 14.6 Å². The summed E-state index contributed by atoms with van der Waals surface area (Å²) in [7, 11) is 0. The molecule has 0 spiro atoms. The third-order valence-corrected chi connectivity index (χ3v) is 4.27. The molecule has 2 atom stereocenters. The van der Waals surface area contributed by atoms with Crippen LogP contribution in [0, 0.1) is 5.92 Å². The van der Waals surface area contributed by atoms with E-state index >= 15 is 0 Å². The first-order valence-electron chi connectivity index (χ1n) is 6.56. The summed E-state index contributed by atoms with van der Waals surface area (Å²) in [5.41, 5.74) is 0.979. The molecule has 1 aromatic carbocycles. The molecule has 5 heteroatoms. The predicted molar refractivity (Wildman–Crippen MR) is 75.6 cm³/mol. The fourth-order valence-electron chi connectivity index (χ4n) is 2.68. The fourth-order valence-corrected chi connectivity index (χ4v) is 3.04. The van der Waals surface area contributed by atoms with E-state index in [9.17, 15) is 9.90 Å². The normalized spacial score (nSPS) is 26.4. The SMILES string of the molecule is O=C(O)c1ccc(Br)cc1NC1CCOC1C1CC1. The van der Waals surface area contributed by atoms with Crippen LogP contribution in [0.2, 0.25) is 0 Å². The Morgan fingerprint density at radius 1 is 1.37 bits per heavy atom. The zero-order chi connectivity index (χ0) is 13.4. The summed E-state index contributed by atoms with van der Waals surface area (Å²) >= 11 is 3.39. The molecule has 19 heavy (non-hydrogen) atoms. The Morgan fingerprint density at radius 2 is 2.16 bits per heavy atom. The van der Waals surface area contributed by atoms with Gasteiger partial charge in [-0.3, -0.25) is 0 Å². The second kappa shape index (κ2) is 5.13. The van der Waals surface area contributed by atoms with Crippen molar-refractivity contribution >= 4 is 27.6 Å². The molecule has 1 aliphatic heterocycles. The van der Waals surface area contributed by atoms with E-state index in [0.717, 1.165) is 17.5 Å². The van der Waals surface area contributed by atoms with Crippen LogP contribution in [-0.4, -0.2) is 29.8 Å². The monoisotopic (exact) mass is 325 g/mol. The number of hydrogen-bond acceptors (Lipinski definition) is 3. The van der Waals surface area contributed by atoms with Crippen molar-refractivity contribution in [3.05, 3.63) is 28.2 Å². The molecule has 0 radical (unpaired) electrons. The average Bonchev–Trinajstić information content (AvgIpc) is 3.10. The second-order valence-corrected chi connectivity index (χ2v) is 6.12. The van der Waals surface area contributed by atoms with E-state index in [-0.39, 0.29) is 12.1 Å². The van der Waals surface area contributed by atoms with E-state index in [2.05, 4.69) is 21.2 Å². The van der Waals surface area contributed by atoms with Gasteiger partial charge in [0.2, 0.25) is 0 Å². The van der Waals surface area contributed by atoms with Crippen LogP contribution in [0.5, 0.6) is 0 Å². The van der Waals surface area contributed by atoms with Crippen molar-refractivity contribution in [3.8, 4) is 0 Å². The molecule has 102 valence electrons. The Hall–Kier alpha value is -1.07. The Kier molecular flexibility index (Phi) is 3.50. The van der Waals surface area contributed by atoms with Crippen LogP contribution in [0.15, 0.2) is 22.7 Å². The molecule has 1 saturated carbocycles. The van der Waals surface area contributed by atoms with Crippen LogP contribution in [0.1, 0.15) is 29.6 Å². The zero-order valence-electron chi connectivity index (χ0n) is 10.4.